The molecule has 2 fully saturated rings. The van der Waals surface area contributed by atoms with Crippen molar-refractivity contribution in [3.63, 3.8) is 0 Å². The number of rotatable bonds is 4. The van der Waals surface area contributed by atoms with Crippen LogP contribution in [0.4, 0.5) is 0 Å². The maximum absolute atomic E-state index is 8.98. The second kappa shape index (κ2) is 7.81. The highest BCUT2D eigenvalue weighted by molar-refractivity contribution is 4.88. The van der Waals surface area contributed by atoms with Crippen LogP contribution in [0.5, 0.6) is 0 Å². The minimum atomic E-state index is 0.371. The van der Waals surface area contributed by atoms with Gasteiger partial charge in [0.15, 0.2) is 0 Å². The van der Waals surface area contributed by atoms with E-state index in [0.29, 0.717) is 18.4 Å². The number of nitrogens with zero attached hydrogens (tertiary/aromatic N) is 3. The molecule has 0 amide bonds. The molecule has 0 aromatic heterocycles. The molecule has 0 saturated carbocycles. The van der Waals surface area contributed by atoms with Crippen LogP contribution in [-0.4, -0.2) is 74.9 Å². The Balaban J connectivity index is 1.83. The molecule has 5 nitrogen and oxygen atoms in total. The van der Waals surface area contributed by atoms with Gasteiger partial charge in [-0.1, -0.05) is 6.92 Å². The Morgan fingerprint density at radius 1 is 1.26 bits per heavy atom. The first-order valence-electron chi connectivity index (χ1n) is 7.41. The van der Waals surface area contributed by atoms with Gasteiger partial charge in [0.1, 0.15) is 0 Å². The Kier molecular flexibility index (Phi) is 6.05. The van der Waals surface area contributed by atoms with Crippen LogP contribution in [-0.2, 0) is 4.74 Å². The second-order valence-electron chi connectivity index (χ2n) is 5.73. The number of ether oxygens (including phenoxy) is 1. The Labute approximate surface area is 116 Å². The summed E-state index contributed by atoms with van der Waals surface area (Å²) >= 11 is 0. The Hall–Kier alpha value is -0.670. The van der Waals surface area contributed by atoms with Crippen LogP contribution in [0.2, 0.25) is 0 Å². The SMILES string of the molecule is CC1CNCC(CC#N)N(CCN2CCOCC2)C1. The van der Waals surface area contributed by atoms with E-state index in [1.807, 2.05) is 0 Å². The summed E-state index contributed by atoms with van der Waals surface area (Å²) in [5, 5.41) is 12.5. The van der Waals surface area contributed by atoms with Crippen LogP contribution in [0.15, 0.2) is 0 Å². The van der Waals surface area contributed by atoms with Gasteiger partial charge in [0.05, 0.1) is 25.7 Å². The summed E-state index contributed by atoms with van der Waals surface area (Å²) in [5.41, 5.74) is 0. The predicted octanol–water partition coefficient (Wildman–Crippen LogP) is 0.142. The van der Waals surface area contributed by atoms with Gasteiger partial charge in [-0.2, -0.15) is 5.26 Å². The number of nitrogens with one attached hydrogen (secondary N) is 1. The normalized spacial score (nSPS) is 30.7. The van der Waals surface area contributed by atoms with E-state index in [-0.39, 0.29) is 0 Å². The summed E-state index contributed by atoms with van der Waals surface area (Å²) in [6.07, 6.45) is 0.628. The quantitative estimate of drug-likeness (QED) is 0.784. The van der Waals surface area contributed by atoms with Gasteiger partial charge in [-0.15, -0.1) is 0 Å². The molecule has 2 aliphatic heterocycles. The van der Waals surface area contributed by atoms with E-state index in [2.05, 4.69) is 28.1 Å². The van der Waals surface area contributed by atoms with Crippen LogP contribution >= 0.6 is 0 Å². The van der Waals surface area contributed by atoms with Gasteiger partial charge < -0.3 is 10.1 Å². The van der Waals surface area contributed by atoms with E-state index in [1.54, 1.807) is 0 Å². The third kappa shape index (κ3) is 4.73. The first-order valence-corrected chi connectivity index (χ1v) is 7.41. The topological polar surface area (TPSA) is 51.5 Å². The van der Waals surface area contributed by atoms with Gasteiger partial charge in [-0.25, -0.2) is 0 Å². The molecular formula is C14H26N4O. The molecule has 19 heavy (non-hydrogen) atoms. The first-order chi connectivity index (χ1) is 9.29. The maximum Gasteiger partial charge on any atom is 0.0638 e. The van der Waals surface area contributed by atoms with Crippen molar-refractivity contribution >= 4 is 0 Å². The largest absolute Gasteiger partial charge is 0.379 e. The zero-order chi connectivity index (χ0) is 13.5. The fourth-order valence-corrected chi connectivity index (χ4v) is 2.91. The van der Waals surface area contributed by atoms with Crippen molar-refractivity contribution in [2.24, 2.45) is 5.92 Å². The number of nitriles is 1. The lowest BCUT2D eigenvalue weighted by Gasteiger charge is -2.33. The Bertz CT molecular complexity index is 298. The molecule has 0 bridgehead atoms. The van der Waals surface area contributed by atoms with Crippen molar-refractivity contribution in [2.45, 2.75) is 19.4 Å². The van der Waals surface area contributed by atoms with Crippen molar-refractivity contribution in [2.75, 3.05) is 59.0 Å². The van der Waals surface area contributed by atoms with E-state index in [4.69, 9.17) is 10.00 Å². The van der Waals surface area contributed by atoms with Crippen molar-refractivity contribution in [3.8, 4) is 6.07 Å². The molecule has 0 aromatic rings. The zero-order valence-electron chi connectivity index (χ0n) is 12.0. The minimum Gasteiger partial charge on any atom is -0.379 e. The number of morpholine rings is 1. The molecule has 5 heteroatoms. The standard InChI is InChI=1S/C14H26N4O/c1-13-10-16-11-14(2-3-15)18(12-13)5-4-17-6-8-19-9-7-17/h13-14,16H,2,4-12H2,1H3. The van der Waals surface area contributed by atoms with Crippen LogP contribution in [0.3, 0.4) is 0 Å². The summed E-state index contributed by atoms with van der Waals surface area (Å²) in [6, 6.07) is 2.70. The molecule has 0 aliphatic carbocycles. The summed E-state index contributed by atoms with van der Waals surface area (Å²) < 4.78 is 5.38. The van der Waals surface area contributed by atoms with Gasteiger partial charge in [-0.3, -0.25) is 9.80 Å². The molecule has 0 aromatic carbocycles. The maximum atomic E-state index is 8.98. The monoisotopic (exact) mass is 266 g/mol. The molecule has 2 aliphatic rings. The number of hydrogen-bond acceptors (Lipinski definition) is 5. The lowest BCUT2D eigenvalue weighted by molar-refractivity contribution is 0.0307. The summed E-state index contributed by atoms with van der Waals surface area (Å²) in [5.74, 6) is 0.661. The molecule has 2 saturated heterocycles. The van der Waals surface area contributed by atoms with E-state index >= 15 is 0 Å². The van der Waals surface area contributed by atoms with Gasteiger partial charge in [-0.05, 0) is 12.5 Å². The zero-order valence-corrected chi connectivity index (χ0v) is 12.0. The molecule has 108 valence electrons. The van der Waals surface area contributed by atoms with E-state index < -0.39 is 0 Å². The highest BCUT2D eigenvalue weighted by Crippen LogP contribution is 2.11. The molecule has 2 atom stereocenters. The highest BCUT2D eigenvalue weighted by Gasteiger charge is 2.24. The average molecular weight is 266 g/mol. The number of hydrogen-bond donors (Lipinski definition) is 1. The van der Waals surface area contributed by atoms with Crippen LogP contribution in [0.1, 0.15) is 13.3 Å². The third-order valence-electron chi connectivity index (χ3n) is 4.07. The van der Waals surface area contributed by atoms with Crippen molar-refractivity contribution in [3.05, 3.63) is 0 Å². The molecule has 1 N–H and O–H groups in total. The molecule has 2 unspecified atom stereocenters. The summed E-state index contributed by atoms with van der Waals surface area (Å²) in [6.45, 7) is 11.4. The van der Waals surface area contributed by atoms with Gasteiger partial charge in [0, 0.05) is 45.3 Å². The first kappa shape index (κ1) is 14.7. The molecule has 2 rings (SSSR count). The van der Waals surface area contributed by atoms with E-state index in [9.17, 15) is 0 Å². The molecule has 0 radical (unpaired) electrons. The van der Waals surface area contributed by atoms with Crippen molar-refractivity contribution in [1.82, 2.24) is 15.1 Å². The molecule has 0 spiro atoms. The fraction of sp³-hybridized carbons (Fsp3) is 0.929. The van der Waals surface area contributed by atoms with E-state index in [0.717, 1.165) is 59.0 Å². The average Bonchev–Trinajstić information content (AvgIpc) is 2.60. The predicted molar refractivity (Wildman–Crippen MR) is 74.9 cm³/mol. The smallest absolute Gasteiger partial charge is 0.0638 e. The highest BCUT2D eigenvalue weighted by atomic mass is 16.5. The van der Waals surface area contributed by atoms with Crippen molar-refractivity contribution in [1.29, 1.82) is 5.26 Å². The summed E-state index contributed by atoms with van der Waals surface area (Å²) in [4.78, 5) is 4.97. The Morgan fingerprint density at radius 2 is 2.05 bits per heavy atom. The van der Waals surface area contributed by atoms with Crippen LogP contribution in [0, 0.1) is 17.2 Å². The lowest BCUT2D eigenvalue weighted by atomic mass is 10.1. The molecular weight excluding hydrogens is 240 g/mol. The van der Waals surface area contributed by atoms with Crippen LogP contribution in [0.25, 0.3) is 0 Å². The van der Waals surface area contributed by atoms with Crippen molar-refractivity contribution < 1.29 is 4.74 Å². The van der Waals surface area contributed by atoms with Gasteiger partial charge >= 0.3 is 0 Å². The van der Waals surface area contributed by atoms with Gasteiger partial charge in [0.25, 0.3) is 0 Å². The van der Waals surface area contributed by atoms with Gasteiger partial charge in [0.2, 0.25) is 0 Å². The summed E-state index contributed by atoms with van der Waals surface area (Å²) in [7, 11) is 0. The fourth-order valence-electron chi connectivity index (χ4n) is 2.91. The lowest BCUT2D eigenvalue weighted by Crippen LogP contribution is -2.46. The van der Waals surface area contributed by atoms with Crippen LogP contribution < -0.4 is 5.32 Å². The minimum absolute atomic E-state index is 0.371. The third-order valence-corrected chi connectivity index (χ3v) is 4.07. The Morgan fingerprint density at radius 3 is 2.79 bits per heavy atom. The second-order valence-corrected chi connectivity index (χ2v) is 5.73. The molecule has 2 heterocycles. The van der Waals surface area contributed by atoms with E-state index in [1.165, 1.54) is 0 Å².